The van der Waals surface area contributed by atoms with Gasteiger partial charge in [0.05, 0.1) is 10.5 Å². The molecule has 0 unspecified atom stereocenters. The Morgan fingerprint density at radius 3 is 2.35 bits per heavy atom. The number of nitrogens with zero attached hydrogens (tertiary/aromatic N) is 3. The largest absolute Gasteiger partial charge is 0.377 e. The number of nitro benzene ring substituents is 1. The minimum Gasteiger partial charge on any atom is -0.377 e. The van der Waals surface area contributed by atoms with Crippen molar-refractivity contribution in [1.29, 1.82) is 0 Å². The molecule has 6 nitrogen and oxygen atoms in total. The van der Waals surface area contributed by atoms with E-state index in [4.69, 9.17) is 0 Å². The maximum absolute atomic E-state index is 13.0. The first kappa shape index (κ1) is 17.9. The van der Waals surface area contributed by atoms with Gasteiger partial charge in [0.2, 0.25) is 0 Å². The predicted octanol–water partition coefficient (Wildman–Crippen LogP) is 3.68. The van der Waals surface area contributed by atoms with Gasteiger partial charge in [0, 0.05) is 45.0 Å². The number of non-ortho nitro benzene ring substituents is 1. The molecule has 1 aliphatic rings. The summed E-state index contributed by atoms with van der Waals surface area (Å²) in [6.45, 7) is 1.32. The lowest BCUT2D eigenvalue weighted by atomic mass is 9.89. The van der Waals surface area contributed by atoms with Crippen LogP contribution in [0, 0.1) is 10.1 Å². The van der Waals surface area contributed by atoms with Gasteiger partial charge < -0.3 is 9.80 Å². The fourth-order valence-electron chi connectivity index (χ4n) is 3.51. The second-order valence-electron chi connectivity index (χ2n) is 6.83. The number of anilines is 1. The Hall–Kier alpha value is -2.89. The van der Waals surface area contributed by atoms with Crippen molar-refractivity contribution in [3.8, 4) is 0 Å². The highest BCUT2D eigenvalue weighted by Crippen LogP contribution is 2.31. The Bertz CT molecular complexity index is 797. The lowest BCUT2D eigenvalue weighted by Crippen LogP contribution is -2.38. The SMILES string of the molecule is CN(C)c1ccc([N+](=O)[O-])cc1C(=O)N1CCC(c2ccccc2)CC1. The molecule has 0 aromatic heterocycles. The topological polar surface area (TPSA) is 66.7 Å². The summed E-state index contributed by atoms with van der Waals surface area (Å²) in [7, 11) is 3.67. The number of carbonyl (C=O) groups is 1. The molecule has 1 saturated heterocycles. The molecular weight excluding hydrogens is 330 g/mol. The third-order valence-corrected chi connectivity index (χ3v) is 4.96. The van der Waals surface area contributed by atoms with Crippen molar-refractivity contribution in [3.05, 3.63) is 69.8 Å². The summed E-state index contributed by atoms with van der Waals surface area (Å²) in [6.07, 6.45) is 1.81. The molecule has 6 heteroatoms. The van der Waals surface area contributed by atoms with Gasteiger partial charge in [-0.2, -0.15) is 0 Å². The molecule has 0 atom stereocenters. The molecule has 0 radical (unpaired) electrons. The first-order valence-corrected chi connectivity index (χ1v) is 8.77. The summed E-state index contributed by atoms with van der Waals surface area (Å²) in [5, 5.41) is 11.1. The monoisotopic (exact) mass is 353 g/mol. The number of piperidine rings is 1. The second kappa shape index (κ2) is 7.56. The average Bonchev–Trinajstić information content (AvgIpc) is 2.67. The average molecular weight is 353 g/mol. The van der Waals surface area contributed by atoms with Gasteiger partial charge in [0.25, 0.3) is 11.6 Å². The van der Waals surface area contributed by atoms with Crippen LogP contribution in [-0.4, -0.2) is 42.9 Å². The quantitative estimate of drug-likeness (QED) is 0.621. The van der Waals surface area contributed by atoms with Gasteiger partial charge in [0.1, 0.15) is 0 Å². The van der Waals surface area contributed by atoms with Crippen molar-refractivity contribution in [3.63, 3.8) is 0 Å². The summed E-state index contributed by atoms with van der Waals surface area (Å²) in [5.74, 6) is 0.322. The van der Waals surface area contributed by atoms with Crippen molar-refractivity contribution in [2.75, 3.05) is 32.1 Å². The molecular formula is C20H23N3O3. The lowest BCUT2D eigenvalue weighted by Gasteiger charge is -2.33. The number of hydrogen-bond acceptors (Lipinski definition) is 4. The van der Waals surface area contributed by atoms with E-state index >= 15 is 0 Å². The van der Waals surface area contributed by atoms with Crippen molar-refractivity contribution in [2.24, 2.45) is 0 Å². The Morgan fingerprint density at radius 1 is 1.12 bits per heavy atom. The molecule has 26 heavy (non-hydrogen) atoms. The second-order valence-corrected chi connectivity index (χ2v) is 6.83. The van der Waals surface area contributed by atoms with E-state index in [1.165, 1.54) is 17.7 Å². The third-order valence-electron chi connectivity index (χ3n) is 4.96. The highest BCUT2D eigenvalue weighted by atomic mass is 16.6. The molecule has 0 N–H and O–H groups in total. The van der Waals surface area contributed by atoms with Crippen molar-refractivity contribution in [2.45, 2.75) is 18.8 Å². The van der Waals surface area contributed by atoms with Crippen LogP contribution in [0.2, 0.25) is 0 Å². The van der Waals surface area contributed by atoms with Crippen LogP contribution in [0.25, 0.3) is 0 Å². The lowest BCUT2D eigenvalue weighted by molar-refractivity contribution is -0.384. The molecule has 1 heterocycles. The van der Waals surface area contributed by atoms with Crippen LogP contribution in [0.1, 0.15) is 34.7 Å². The minimum atomic E-state index is -0.460. The summed E-state index contributed by atoms with van der Waals surface area (Å²) in [6, 6.07) is 14.8. The molecule has 0 aliphatic carbocycles. The highest BCUT2D eigenvalue weighted by molar-refractivity contribution is 6.00. The molecule has 1 fully saturated rings. The summed E-state index contributed by atoms with van der Waals surface area (Å²) in [4.78, 5) is 27.3. The number of amides is 1. The maximum Gasteiger partial charge on any atom is 0.270 e. The third kappa shape index (κ3) is 3.69. The molecule has 2 aromatic carbocycles. The van der Waals surface area contributed by atoms with Crippen LogP contribution < -0.4 is 4.90 Å². The van der Waals surface area contributed by atoms with Crippen molar-refractivity contribution < 1.29 is 9.72 Å². The molecule has 0 saturated carbocycles. The predicted molar refractivity (Wildman–Crippen MR) is 102 cm³/mol. The first-order valence-electron chi connectivity index (χ1n) is 8.77. The van der Waals surface area contributed by atoms with Crippen LogP contribution in [0.15, 0.2) is 48.5 Å². The van der Waals surface area contributed by atoms with E-state index in [2.05, 4.69) is 12.1 Å². The molecule has 0 spiro atoms. The van der Waals surface area contributed by atoms with Crippen LogP contribution in [0.4, 0.5) is 11.4 Å². The summed E-state index contributed by atoms with van der Waals surface area (Å²) < 4.78 is 0. The zero-order chi connectivity index (χ0) is 18.7. The van der Waals surface area contributed by atoms with E-state index in [9.17, 15) is 14.9 Å². The van der Waals surface area contributed by atoms with Crippen LogP contribution in [0.3, 0.4) is 0 Å². The van der Waals surface area contributed by atoms with Crippen LogP contribution >= 0.6 is 0 Å². The normalized spacial score (nSPS) is 14.9. The Morgan fingerprint density at radius 2 is 1.77 bits per heavy atom. The van der Waals surface area contributed by atoms with Gasteiger partial charge in [0.15, 0.2) is 0 Å². The number of carbonyl (C=O) groups excluding carboxylic acids is 1. The van der Waals surface area contributed by atoms with Crippen LogP contribution in [-0.2, 0) is 0 Å². The van der Waals surface area contributed by atoms with E-state index in [-0.39, 0.29) is 11.6 Å². The number of rotatable bonds is 4. The van der Waals surface area contributed by atoms with Crippen LogP contribution in [0.5, 0.6) is 0 Å². The number of likely N-dealkylation sites (tertiary alicyclic amines) is 1. The van der Waals surface area contributed by atoms with Crippen molar-refractivity contribution in [1.82, 2.24) is 4.90 Å². The fraction of sp³-hybridized carbons (Fsp3) is 0.350. The van der Waals surface area contributed by atoms with Gasteiger partial charge >= 0.3 is 0 Å². The Kier molecular flexibility index (Phi) is 5.21. The standard InChI is InChI=1S/C20H23N3O3/c1-21(2)19-9-8-17(23(25)26)14-18(19)20(24)22-12-10-16(11-13-22)15-6-4-3-5-7-15/h3-9,14,16H,10-13H2,1-2H3. The number of nitro groups is 1. The molecule has 0 bridgehead atoms. The Labute approximate surface area is 153 Å². The molecule has 136 valence electrons. The van der Waals surface area contributed by atoms with E-state index in [0.717, 1.165) is 12.8 Å². The van der Waals surface area contributed by atoms with E-state index in [1.54, 1.807) is 6.07 Å². The zero-order valence-electron chi connectivity index (χ0n) is 15.1. The number of hydrogen-bond donors (Lipinski definition) is 0. The summed E-state index contributed by atoms with van der Waals surface area (Å²) >= 11 is 0. The molecule has 3 rings (SSSR count). The molecule has 1 aliphatic heterocycles. The van der Waals surface area contributed by atoms with Gasteiger partial charge in [-0.1, -0.05) is 30.3 Å². The Balaban J connectivity index is 1.78. The summed E-state index contributed by atoms with van der Waals surface area (Å²) in [5.41, 5.74) is 2.34. The fourth-order valence-corrected chi connectivity index (χ4v) is 3.51. The minimum absolute atomic E-state index is 0.0573. The first-order chi connectivity index (χ1) is 12.5. The number of benzene rings is 2. The van der Waals surface area contributed by atoms with Gasteiger partial charge in [-0.3, -0.25) is 14.9 Å². The van der Waals surface area contributed by atoms with Gasteiger partial charge in [-0.05, 0) is 30.4 Å². The van der Waals surface area contributed by atoms with Gasteiger partial charge in [-0.15, -0.1) is 0 Å². The maximum atomic E-state index is 13.0. The van der Waals surface area contributed by atoms with E-state index in [0.29, 0.717) is 30.3 Å². The molecule has 1 amide bonds. The van der Waals surface area contributed by atoms with Gasteiger partial charge in [-0.25, -0.2) is 0 Å². The molecule has 2 aromatic rings. The highest BCUT2D eigenvalue weighted by Gasteiger charge is 2.27. The van der Waals surface area contributed by atoms with E-state index in [1.807, 2.05) is 42.1 Å². The zero-order valence-corrected chi connectivity index (χ0v) is 15.1. The smallest absolute Gasteiger partial charge is 0.270 e. The van der Waals surface area contributed by atoms with Crippen molar-refractivity contribution >= 4 is 17.3 Å². The van der Waals surface area contributed by atoms with E-state index < -0.39 is 4.92 Å².